The summed E-state index contributed by atoms with van der Waals surface area (Å²) in [5.74, 6) is -0.246. The first-order chi connectivity index (χ1) is 8.47. The van der Waals surface area contributed by atoms with E-state index in [0.717, 1.165) is 10.2 Å². The van der Waals surface area contributed by atoms with Gasteiger partial charge in [-0.1, -0.05) is 0 Å². The summed E-state index contributed by atoms with van der Waals surface area (Å²) in [6.07, 6.45) is 0. The quantitative estimate of drug-likeness (QED) is 0.836. The zero-order chi connectivity index (χ0) is 13.3. The number of benzene rings is 1. The van der Waals surface area contributed by atoms with Crippen LogP contribution in [0.15, 0.2) is 28.7 Å². The second-order valence-electron chi connectivity index (χ2n) is 3.99. The van der Waals surface area contributed by atoms with Crippen molar-refractivity contribution in [1.29, 1.82) is 0 Å². The first-order valence-corrected chi connectivity index (χ1v) is 6.13. The average molecular weight is 309 g/mol. The first-order valence-electron chi connectivity index (χ1n) is 5.34. The normalized spacial score (nSPS) is 10.4. The molecule has 0 unspecified atom stereocenters. The molecule has 0 aliphatic rings. The fraction of sp³-hybridized carbons (Fsp3) is 0.167. The number of anilines is 2. The van der Waals surface area contributed by atoms with E-state index < -0.39 is 0 Å². The van der Waals surface area contributed by atoms with Gasteiger partial charge in [0.25, 0.3) is 5.91 Å². The number of aromatic nitrogens is 2. The van der Waals surface area contributed by atoms with Gasteiger partial charge in [-0.25, -0.2) is 0 Å². The summed E-state index contributed by atoms with van der Waals surface area (Å²) in [7, 11) is 1.80. The Bertz CT molecular complexity index is 587. The number of nitrogen functional groups attached to an aromatic ring is 1. The van der Waals surface area contributed by atoms with Gasteiger partial charge in [-0.3, -0.25) is 9.48 Å². The maximum Gasteiger partial charge on any atom is 0.276 e. The highest BCUT2D eigenvalue weighted by Gasteiger charge is 2.12. The predicted molar refractivity (Wildman–Crippen MR) is 74.5 cm³/mol. The SMILES string of the molecule is Cc1cc(C(=O)Nc2ccc(N)cc2Br)nn1C. The van der Waals surface area contributed by atoms with E-state index in [-0.39, 0.29) is 5.91 Å². The molecular weight excluding hydrogens is 296 g/mol. The van der Waals surface area contributed by atoms with E-state index in [1.165, 1.54) is 0 Å². The summed E-state index contributed by atoms with van der Waals surface area (Å²) in [6, 6.07) is 6.94. The number of halogens is 1. The lowest BCUT2D eigenvalue weighted by atomic mass is 10.2. The Kier molecular flexibility index (Phi) is 3.38. The Morgan fingerprint density at radius 3 is 2.72 bits per heavy atom. The molecule has 94 valence electrons. The molecule has 1 aromatic heterocycles. The Labute approximate surface area is 113 Å². The second-order valence-corrected chi connectivity index (χ2v) is 4.84. The first kappa shape index (κ1) is 12.6. The maximum atomic E-state index is 12.0. The molecule has 0 saturated carbocycles. The lowest BCUT2D eigenvalue weighted by Gasteiger charge is -2.06. The molecule has 0 aliphatic carbocycles. The number of aryl methyl sites for hydroxylation is 2. The number of hydrogen-bond acceptors (Lipinski definition) is 3. The maximum absolute atomic E-state index is 12.0. The molecule has 0 saturated heterocycles. The zero-order valence-corrected chi connectivity index (χ0v) is 11.7. The van der Waals surface area contributed by atoms with Gasteiger partial charge in [-0.2, -0.15) is 5.10 Å². The van der Waals surface area contributed by atoms with Crippen molar-refractivity contribution in [3.05, 3.63) is 40.1 Å². The highest BCUT2D eigenvalue weighted by Crippen LogP contribution is 2.25. The molecule has 1 heterocycles. The van der Waals surface area contributed by atoms with Gasteiger partial charge in [0.1, 0.15) is 0 Å². The van der Waals surface area contributed by atoms with E-state index >= 15 is 0 Å². The van der Waals surface area contributed by atoms with Gasteiger partial charge in [0, 0.05) is 22.9 Å². The molecule has 3 N–H and O–H groups in total. The minimum Gasteiger partial charge on any atom is -0.399 e. The summed E-state index contributed by atoms with van der Waals surface area (Å²) in [5.41, 5.74) is 8.25. The summed E-state index contributed by atoms with van der Waals surface area (Å²) >= 11 is 3.35. The van der Waals surface area contributed by atoms with Crippen LogP contribution in [-0.4, -0.2) is 15.7 Å². The van der Waals surface area contributed by atoms with E-state index in [1.807, 2.05) is 6.92 Å². The molecule has 0 fully saturated rings. The molecule has 6 heteroatoms. The number of carbonyl (C=O) groups is 1. The van der Waals surface area contributed by atoms with Crippen LogP contribution in [0.2, 0.25) is 0 Å². The third-order valence-electron chi connectivity index (χ3n) is 2.59. The third kappa shape index (κ3) is 2.53. The zero-order valence-electron chi connectivity index (χ0n) is 10.1. The topological polar surface area (TPSA) is 72.9 Å². The van der Waals surface area contributed by atoms with Crippen molar-refractivity contribution in [2.45, 2.75) is 6.92 Å². The smallest absolute Gasteiger partial charge is 0.276 e. The number of nitrogens with zero attached hydrogens (tertiary/aromatic N) is 2. The van der Waals surface area contributed by atoms with Gasteiger partial charge in [0.2, 0.25) is 0 Å². The standard InChI is InChI=1S/C12H13BrN4O/c1-7-5-11(16-17(7)2)12(18)15-10-4-3-8(14)6-9(10)13/h3-6H,14H2,1-2H3,(H,15,18). The molecule has 0 spiro atoms. The third-order valence-corrected chi connectivity index (χ3v) is 3.24. The molecule has 0 bridgehead atoms. The molecule has 0 aliphatic heterocycles. The van der Waals surface area contributed by atoms with Crippen molar-refractivity contribution in [2.75, 3.05) is 11.1 Å². The van der Waals surface area contributed by atoms with Gasteiger partial charge in [0.15, 0.2) is 5.69 Å². The van der Waals surface area contributed by atoms with E-state index in [1.54, 1.807) is 36.0 Å². The van der Waals surface area contributed by atoms with Crippen LogP contribution in [0, 0.1) is 6.92 Å². The predicted octanol–water partition coefficient (Wildman–Crippen LogP) is 2.33. The van der Waals surface area contributed by atoms with Gasteiger partial charge >= 0.3 is 0 Å². The molecule has 1 aromatic carbocycles. The van der Waals surface area contributed by atoms with Crippen molar-refractivity contribution in [3.8, 4) is 0 Å². The Balaban J connectivity index is 2.21. The Hall–Kier alpha value is -1.82. The van der Waals surface area contributed by atoms with Crippen molar-refractivity contribution in [1.82, 2.24) is 9.78 Å². The minimum absolute atomic E-state index is 0.246. The van der Waals surface area contributed by atoms with Crippen LogP contribution >= 0.6 is 15.9 Å². The molecule has 18 heavy (non-hydrogen) atoms. The van der Waals surface area contributed by atoms with Gasteiger partial charge < -0.3 is 11.1 Å². The van der Waals surface area contributed by atoms with Crippen molar-refractivity contribution in [3.63, 3.8) is 0 Å². The molecule has 2 rings (SSSR count). The summed E-state index contributed by atoms with van der Waals surface area (Å²) in [6.45, 7) is 1.89. The van der Waals surface area contributed by atoms with Crippen LogP contribution < -0.4 is 11.1 Å². The highest BCUT2D eigenvalue weighted by molar-refractivity contribution is 9.10. The molecular formula is C12H13BrN4O. The van der Waals surface area contributed by atoms with Crippen LogP contribution in [0.1, 0.15) is 16.2 Å². The molecule has 0 radical (unpaired) electrons. The largest absolute Gasteiger partial charge is 0.399 e. The number of amides is 1. The summed E-state index contributed by atoms with van der Waals surface area (Å²) in [5, 5.41) is 6.90. The average Bonchev–Trinajstić information content (AvgIpc) is 2.63. The van der Waals surface area contributed by atoms with Crippen LogP contribution in [-0.2, 0) is 7.05 Å². The Morgan fingerprint density at radius 2 is 2.17 bits per heavy atom. The van der Waals surface area contributed by atoms with Crippen molar-refractivity contribution in [2.24, 2.45) is 7.05 Å². The minimum atomic E-state index is -0.246. The number of nitrogens with one attached hydrogen (secondary N) is 1. The second kappa shape index (κ2) is 4.81. The number of nitrogens with two attached hydrogens (primary N) is 1. The number of rotatable bonds is 2. The van der Waals surface area contributed by atoms with E-state index in [4.69, 9.17) is 5.73 Å². The van der Waals surface area contributed by atoms with Crippen LogP contribution in [0.5, 0.6) is 0 Å². The van der Waals surface area contributed by atoms with Gasteiger partial charge in [-0.05, 0) is 47.1 Å². The van der Waals surface area contributed by atoms with E-state index in [0.29, 0.717) is 17.1 Å². The molecule has 0 atom stereocenters. The lowest BCUT2D eigenvalue weighted by molar-refractivity contribution is 0.102. The summed E-state index contributed by atoms with van der Waals surface area (Å²) < 4.78 is 2.40. The lowest BCUT2D eigenvalue weighted by Crippen LogP contribution is -2.13. The molecule has 5 nitrogen and oxygen atoms in total. The van der Waals surface area contributed by atoms with E-state index in [9.17, 15) is 4.79 Å². The van der Waals surface area contributed by atoms with Crippen LogP contribution in [0.3, 0.4) is 0 Å². The van der Waals surface area contributed by atoms with Crippen molar-refractivity contribution < 1.29 is 4.79 Å². The van der Waals surface area contributed by atoms with Gasteiger partial charge in [-0.15, -0.1) is 0 Å². The number of carbonyl (C=O) groups excluding carboxylic acids is 1. The fourth-order valence-corrected chi connectivity index (χ4v) is 1.99. The van der Waals surface area contributed by atoms with Crippen LogP contribution in [0.4, 0.5) is 11.4 Å². The molecule has 2 aromatic rings. The highest BCUT2D eigenvalue weighted by atomic mass is 79.9. The molecule has 1 amide bonds. The Morgan fingerprint density at radius 1 is 1.44 bits per heavy atom. The van der Waals surface area contributed by atoms with Crippen molar-refractivity contribution >= 4 is 33.2 Å². The number of hydrogen-bond donors (Lipinski definition) is 2. The summed E-state index contributed by atoms with van der Waals surface area (Å²) in [4.78, 5) is 12.0. The monoisotopic (exact) mass is 308 g/mol. The van der Waals surface area contributed by atoms with Crippen LogP contribution in [0.25, 0.3) is 0 Å². The van der Waals surface area contributed by atoms with E-state index in [2.05, 4.69) is 26.3 Å². The van der Waals surface area contributed by atoms with Gasteiger partial charge in [0.05, 0.1) is 5.69 Å². The fourth-order valence-electron chi connectivity index (χ4n) is 1.49.